The summed E-state index contributed by atoms with van der Waals surface area (Å²) in [6, 6.07) is 14.5. The van der Waals surface area contributed by atoms with Crippen molar-refractivity contribution in [2.45, 2.75) is 44.0 Å². The minimum atomic E-state index is -3.59. The van der Waals surface area contributed by atoms with Crippen molar-refractivity contribution >= 4 is 15.9 Å². The van der Waals surface area contributed by atoms with Crippen molar-refractivity contribution < 1.29 is 13.2 Å². The standard InChI is InChI=1S/C22H28N2O3S/c1-16(2)19-11-9-18(10-12-19)15-24(3)22(25)20-5-4-6-21(13-20)28(26,27)23-14-17-7-8-17/h4-6,9-13,16-17,23H,7-8,14-15H2,1-3H3. The monoisotopic (exact) mass is 400 g/mol. The second-order valence-electron chi connectivity index (χ2n) is 7.88. The van der Waals surface area contributed by atoms with Crippen molar-refractivity contribution in [1.82, 2.24) is 9.62 Å². The largest absolute Gasteiger partial charge is 0.337 e. The van der Waals surface area contributed by atoms with E-state index in [-0.39, 0.29) is 10.8 Å². The molecule has 0 aromatic heterocycles. The van der Waals surface area contributed by atoms with Gasteiger partial charge in [-0.25, -0.2) is 13.1 Å². The highest BCUT2D eigenvalue weighted by atomic mass is 32.2. The van der Waals surface area contributed by atoms with Crippen LogP contribution in [-0.2, 0) is 16.6 Å². The van der Waals surface area contributed by atoms with Crippen LogP contribution in [0.3, 0.4) is 0 Å². The lowest BCUT2D eigenvalue weighted by Gasteiger charge is -2.18. The fourth-order valence-electron chi connectivity index (χ4n) is 3.00. The van der Waals surface area contributed by atoms with E-state index < -0.39 is 10.0 Å². The molecule has 2 aromatic rings. The maximum absolute atomic E-state index is 12.8. The molecular weight excluding hydrogens is 372 g/mol. The highest BCUT2D eigenvalue weighted by Gasteiger charge is 2.25. The van der Waals surface area contributed by atoms with E-state index in [1.807, 2.05) is 12.1 Å². The summed E-state index contributed by atoms with van der Waals surface area (Å²) in [4.78, 5) is 14.5. The van der Waals surface area contributed by atoms with Crippen LogP contribution in [0.2, 0.25) is 0 Å². The van der Waals surface area contributed by atoms with Gasteiger partial charge in [0.1, 0.15) is 0 Å². The third-order valence-corrected chi connectivity index (χ3v) is 6.48. The average molecular weight is 401 g/mol. The number of carbonyl (C=O) groups excluding carboxylic acids is 1. The molecule has 0 atom stereocenters. The third kappa shape index (κ3) is 5.20. The summed E-state index contributed by atoms with van der Waals surface area (Å²) in [7, 11) is -1.86. The van der Waals surface area contributed by atoms with E-state index in [4.69, 9.17) is 0 Å². The molecule has 1 aliphatic carbocycles. The summed E-state index contributed by atoms with van der Waals surface area (Å²) in [6.45, 7) is 5.22. The van der Waals surface area contributed by atoms with Crippen molar-refractivity contribution in [2.24, 2.45) is 5.92 Å². The highest BCUT2D eigenvalue weighted by molar-refractivity contribution is 7.89. The van der Waals surface area contributed by atoms with Crippen LogP contribution >= 0.6 is 0 Å². The number of nitrogens with one attached hydrogen (secondary N) is 1. The van der Waals surface area contributed by atoms with E-state index >= 15 is 0 Å². The molecule has 0 aliphatic heterocycles. The molecule has 0 radical (unpaired) electrons. The zero-order valence-electron chi connectivity index (χ0n) is 16.7. The Bertz CT molecular complexity index is 933. The van der Waals surface area contributed by atoms with Crippen LogP contribution in [-0.4, -0.2) is 32.8 Å². The Balaban J connectivity index is 1.69. The van der Waals surface area contributed by atoms with Crippen molar-refractivity contribution in [1.29, 1.82) is 0 Å². The van der Waals surface area contributed by atoms with Gasteiger partial charge >= 0.3 is 0 Å². The van der Waals surface area contributed by atoms with Crippen LogP contribution in [0.25, 0.3) is 0 Å². The van der Waals surface area contributed by atoms with Crippen LogP contribution in [0.5, 0.6) is 0 Å². The minimum Gasteiger partial charge on any atom is -0.337 e. The first kappa shape index (κ1) is 20.6. The summed E-state index contributed by atoms with van der Waals surface area (Å²) in [5.41, 5.74) is 2.67. The van der Waals surface area contributed by atoms with E-state index in [1.165, 1.54) is 17.7 Å². The molecule has 1 saturated carbocycles. The average Bonchev–Trinajstić information content (AvgIpc) is 3.51. The van der Waals surface area contributed by atoms with Crippen molar-refractivity contribution in [3.8, 4) is 0 Å². The van der Waals surface area contributed by atoms with Crippen molar-refractivity contribution in [3.63, 3.8) is 0 Å². The number of benzene rings is 2. The first-order valence-corrected chi connectivity index (χ1v) is 11.2. The molecule has 6 heteroatoms. The summed E-state index contributed by atoms with van der Waals surface area (Å²) in [5.74, 6) is 0.714. The molecule has 3 rings (SSSR count). The molecule has 1 amide bonds. The number of carbonyl (C=O) groups is 1. The van der Waals surface area contributed by atoms with E-state index in [1.54, 1.807) is 24.1 Å². The molecule has 0 saturated heterocycles. The van der Waals surface area contributed by atoms with E-state index in [9.17, 15) is 13.2 Å². The van der Waals surface area contributed by atoms with Gasteiger partial charge in [0.15, 0.2) is 0 Å². The van der Waals surface area contributed by atoms with Crippen LogP contribution in [0.1, 0.15) is 54.1 Å². The fraction of sp³-hybridized carbons (Fsp3) is 0.409. The Morgan fingerprint density at radius 1 is 1.14 bits per heavy atom. The van der Waals surface area contributed by atoms with Crippen molar-refractivity contribution in [2.75, 3.05) is 13.6 Å². The first-order chi connectivity index (χ1) is 13.3. The summed E-state index contributed by atoms with van der Waals surface area (Å²) in [6.07, 6.45) is 2.15. The van der Waals surface area contributed by atoms with Crippen LogP contribution in [0.4, 0.5) is 0 Å². The van der Waals surface area contributed by atoms with Gasteiger partial charge in [-0.05, 0) is 54.0 Å². The van der Waals surface area contributed by atoms with Gasteiger partial charge in [0.25, 0.3) is 5.91 Å². The lowest BCUT2D eigenvalue weighted by atomic mass is 10.0. The quantitative estimate of drug-likeness (QED) is 0.733. The van der Waals surface area contributed by atoms with Gasteiger partial charge in [0, 0.05) is 25.7 Å². The first-order valence-electron chi connectivity index (χ1n) is 9.70. The lowest BCUT2D eigenvalue weighted by molar-refractivity contribution is 0.0785. The maximum Gasteiger partial charge on any atom is 0.253 e. The summed E-state index contributed by atoms with van der Waals surface area (Å²) in [5, 5.41) is 0. The Labute approximate surface area is 167 Å². The van der Waals surface area contributed by atoms with Gasteiger partial charge < -0.3 is 4.90 Å². The predicted molar refractivity (Wildman–Crippen MR) is 111 cm³/mol. The van der Waals surface area contributed by atoms with Gasteiger partial charge in [-0.3, -0.25) is 4.79 Å². The molecular formula is C22H28N2O3S. The Kier molecular flexibility index (Phi) is 6.20. The maximum atomic E-state index is 12.8. The molecule has 150 valence electrons. The fourth-order valence-corrected chi connectivity index (χ4v) is 4.16. The molecule has 0 heterocycles. The van der Waals surface area contributed by atoms with Crippen molar-refractivity contribution in [3.05, 3.63) is 65.2 Å². The number of hydrogen-bond donors (Lipinski definition) is 1. The van der Waals surface area contributed by atoms with Gasteiger partial charge in [0.2, 0.25) is 10.0 Å². The SMILES string of the molecule is CC(C)c1ccc(CN(C)C(=O)c2cccc(S(=O)(=O)NCC3CC3)c2)cc1. The van der Waals surface area contributed by atoms with E-state index in [0.717, 1.165) is 18.4 Å². The topological polar surface area (TPSA) is 66.5 Å². The number of rotatable bonds is 8. The predicted octanol–water partition coefficient (Wildman–Crippen LogP) is 3.77. The molecule has 0 spiro atoms. The van der Waals surface area contributed by atoms with Gasteiger partial charge in [-0.1, -0.05) is 44.2 Å². The zero-order chi connectivity index (χ0) is 20.3. The van der Waals surface area contributed by atoms with Gasteiger partial charge in [0.05, 0.1) is 4.90 Å². The molecule has 28 heavy (non-hydrogen) atoms. The molecule has 0 bridgehead atoms. The molecule has 1 fully saturated rings. The number of nitrogens with zero attached hydrogens (tertiary/aromatic N) is 1. The van der Waals surface area contributed by atoms with Crippen LogP contribution in [0.15, 0.2) is 53.4 Å². The van der Waals surface area contributed by atoms with E-state index in [0.29, 0.717) is 30.5 Å². The van der Waals surface area contributed by atoms with Gasteiger partial charge in [-0.2, -0.15) is 0 Å². The number of sulfonamides is 1. The lowest BCUT2D eigenvalue weighted by Crippen LogP contribution is -2.28. The molecule has 1 aliphatic rings. The van der Waals surface area contributed by atoms with Gasteiger partial charge in [-0.15, -0.1) is 0 Å². The summed E-state index contributed by atoms with van der Waals surface area (Å²) >= 11 is 0. The second-order valence-corrected chi connectivity index (χ2v) is 9.65. The van der Waals surface area contributed by atoms with Crippen LogP contribution < -0.4 is 4.72 Å². The normalized spacial score (nSPS) is 14.3. The third-order valence-electron chi connectivity index (χ3n) is 5.06. The zero-order valence-corrected chi connectivity index (χ0v) is 17.5. The minimum absolute atomic E-state index is 0.133. The Hall–Kier alpha value is -2.18. The molecule has 1 N–H and O–H groups in total. The molecule has 5 nitrogen and oxygen atoms in total. The number of amides is 1. The van der Waals surface area contributed by atoms with E-state index in [2.05, 4.69) is 30.7 Å². The second kappa shape index (κ2) is 8.45. The smallest absolute Gasteiger partial charge is 0.253 e. The molecule has 2 aromatic carbocycles. The Morgan fingerprint density at radius 3 is 2.43 bits per heavy atom. The summed E-state index contributed by atoms with van der Waals surface area (Å²) < 4.78 is 27.5. The molecule has 0 unspecified atom stereocenters. The highest BCUT2D eigenvalue weighted by Crippen LogP contribution is 2.28. The van der Waals surface area contributed by atoms with Crippen LogP contribution in [0, 0.1) is 5.92 Å². The Morgan fingerprint density at radius 2 is 1.82 bits per heavy atom. The number of hydrogen-bond acceptors (Lipinski definition) is 3.